The number of aromatic amines is 1. The van der Waals surface area contributed by atoms with Gasteiger partial charge in [-0.15, -0.1) is 0 Å². The summed E-state index contributed by atoms with van der Waals surface area (Å²) in [6.07, 6.45) is 1.66. The molecule has 0 bridgehead atoms. The van der Waals surface area contributed by atoms with Crippen molar-refractivity contribution in [3.63, 3.8) is 0 Å². The first-order valence-corrected chi connectivity index (χ1v) is 5.97. The van der Waals surface area contributed by atoms with Crippen LogP contribution in [0.15, 0.2) is 59.5 Å². The Kier molecular flexibility index (Phi) is 2.98. The zero-order valence-electron chi connectivity index (χ0n) is 10.2. The highest BCUT2D eigenvalue weighted by atomic mass is 16.5. The number of hydrogen-bond donors (Lipinski definition) is 1. The van der Waals surface area contributed by atoms with Crippen LogP contribution in [0.4, 0.5) is 0 Å². The molecule has 3 aromatic rings. The molecule has 0 saturated heterocycles. The standard InChI is InChI=1S/C15H12N2O2/c18-15-7-6-13-14(17-15)8-12(9-16-13)19-10-11-4-2-1-3-5-11/h1-9H,10H2,(H,17,18). The lowest BCUT2D eigenvalue weighted by molar-refractivity contribution is 0.305. The third-order valence-corrected chi connectivity index (χ3v) is 2.79. The highest BCUT2D eigenvalue weighted by Gasteiger charge is 2.00. The molecule has 0 spiro atoms. The smallest absolute Gasteiger partial charge is 0.248 e. The first-order valence-electron chi connectivity index (χ1n) is 5.97. The van der Waals surface area contributed by atoms with Crippen molar-refractivity contribution < 1.29 is 4.74 Å². The van der Waals surface area contributed by atoms with Crippen LogP contribution in [0.2, 0.25) is 0 Å². The molecule has 2 heterocycles. The molecule has 1 N–H and O–H groups in total. The highest BCUT2D eigenvalue weighted by Crippen LogP contribution is 2.16. The van der Waals surface area contributed by atoms with Gasteiger partial charge in [-0.2, -0.15) is 0 Å². The molecule has 0 aliphatic carbocycles. The van der Waals surface area contributed by atoms with E-state index < -0.39 is 0 Å². The molecule has 2 aromatic heterocycles. The number of nitrogens with zero attached hydrogens (tertiary/aromatic N) is 1. The van der Waals surface area contributed by atoms with Gasteiger partial charge in [0.15, 0.2) is 0 Å². The van der Waals surface area contributed by atoms with Crippen LogP contribution < -0.4 is 10.3 Å². The zero-order valence-corrected chi connectivity index (χ0v) is 10.2. The van der Waals surface area contributed by atoms with Gasteiger partial charge >= 0.3 is 0 Å². The van der Waals surface area contributed by atoms with Gasteiger partial charge in [0.2, 0.25) is 5.56 Å². The van der Waals surface area contributed by atoms with E-state index in [2.05, 4.69) is 9.97 Å². The lowest BCUT2D eigenvalue weighted by Crippen LogP contribution is -2.03. The third-order valence-electron chi connectivity index (χ3n) is 2.79. The Morgan fingerprint density at radius 1 is 1.11 bits per heavy atom. The van der Waals surface area contributed by atoms with Crippen LogP contribution in [0.3, 0.4) is 0 Å². The molecule has 0 saturated carbocycles. The number of benzene rings is 1. The predicted molar refractivity (Wildman–Crippen MR) is 73.1 cm³/mol. The van der Waals surface area contributed by atoms with Crippen molar-refractivity contribution in [1.29, 1.82) is 0 Å². The van der Waals surface area contributed by atoms with Crippen LogP contribution in [0.25, 0.3) is 11.0 Å². The SMILES string of the molecule is O=c1ccc2ncc(OCc3ccccc3)cc2[nH]1. The Morgan fingerprint density at radius 2 is 1.95 bits per heavy atom. The molecular weight excluding hydrogens is 240 g/mol. The van der Waals surface area contributed by atoms with Crippen molar-refractivity contribution in [2.75, 3.05) is 0 Å². The molecule has 3 rings (SSSR count). The summed E-state index contributed by atoms with van der Waals surface area (Å²) in [7, 11) is 0. The number of ether oxygens (including phenoxy) is 1. The second-order valence-electron chi connectivity index (χ2n) is 4.20. The summed E-state index contributed by atoms with van der Waals surface area (Å²) in [5.74, 6) is 0.637. The van der Waals surface area contributed by atoms with Crippen LogP contribution in [0.5, 0.6) is 5.75 Å². The minimum absolute atomic E-state index is 0.144. The average molecular weight is 252 g/mol. The predicted octanol–water partition coefficient (Wildman–Crippen LogP) is 2.50. The zero-order chi connectivity index (χ0) is 13.1. The Bertz CT molecular complexity index is 751. The van der Waals surface area contributed by atoms with E-state index in [4.69, 9.17) is 4.74 Å². The van der Waals surface area contributed by atoms with Crippen LogP contribution >= 0.6 is 0 Å². The van der Waals surface area contributed by atoms with Gasteiger partial charge < -0.3 is 9.72 Å². The van der Waals surface area contributed by atoms with Gasteiger partial charge in [0.1, 0.15) is 12.4 Å². The molecule has 0 amide bonds. The molecule has 1 aromatic carbocycles. The molecule has 19 heavy (non-hydrogen) atoms. The van der Waals surface area contributed by atoms with Crippen molar-refractivity contribution in [2.45, 2.75) is 6.61 Å². The van der Waals surface area contributed by atoms with Gasteiger partial charge in [-0.25, -0.2) is 0 Å². The van der Waals surface area contributed by atoms with E-state index >= 15 is 0 Å². The minimum atomic E-state index is -0.144. The van der Waals surface area contributed by atoms with Gasteiger partial charge in [-0.05, 0) is 11.6 Å². The van der Waals surface area contributed by atoms with Crippen LogP contribution in [-0.4, -0.2) is 9.97 Å². The fourth-order valence-corrected chi connectivity index (χ4v) is 1.84. The van der Waals surface area contributed by atoms with Crippen molar-refractivity contribution >= 4 is 11.0 Å². The maximum Gasteiger partial charge on any atom is 0.248 e. The molecule has 4 heteroatoms. The normalized spacial score (nSPS) is 10.5. The Morgan fingerprint density at radius 3 is 2.79 bits per heavy atom. The van der Waals surface area contributed by atoms with Gasteiger partial charge in [0, 0.05) is 12.1 Å². The molecular formula is C15H12N2O2. The van der Waals surface area contributed by atoms with Gasteiger partial charge in [0.25, 0.3) is 0 Å². The fraction of sp³-hybridized carbons (Fsp3) is 0.0667. The van der Waals surface area contributed by atoms with E-state index in [1.807, 2.05) is 30.3 Å². The van der Waals surface area contributed by atoms with E-state index in [9.17, 15) is 4.79 Å². The largest absolute Gasteiger partial charge is 0.487 e. The number of hydrogen-bond acceptors (Lipinski definition) is 3. The van der Waals surface area contributed by atoms with E-state index in [1.54, 1.807) is 18.3 Å². The van der Waals surface area contributed by atoms with Crippen molar-refractivity contribution in [1.82, 2.24) is 9.97 Å². The topological polar surface area (TPSA) is 55.0 Å². The number of H-pyrrole nitrogens is 1. The summed E-state index contributed by atoms with van der Waals surface area (Å²) >= 11 is 0. The first-order chi connectivity index (χ1) is 9.31. The summed E-state index contributed by atoms with van der Waals surface area (Å²) in [5, 5.41) is 0. The number of pyridine rings is 2. The van der Waals surface area contributed by atoms with E-state index in [0.29, 0.717) is 17.9 Å². The molecule has 0 atom stereocenters. The van der Waals surface area contributed by atoms with Crippen LogP contribution in [-0.2, 0) is 6.61 Å². The van der Waals surface area contributed by atoms with Crippen molar-refractivity contribution in [3.8, 4) is 5.75 Å². The fourth-order valence-electron chi connectivity index (χ4n) is 1.84. The monoisotopic (exact) mass is 252 g/mol. The number of aromatic nitrogens is 2. The minimum Gasteiger partial charge on any atom is -0.487 e. The number of fused-ring (bicyclic) bond motifs is 1. The summed E-state index contributed by atoms with van der Waals surface area (Å²) in [5.41, 5.74) is 2.36. The summed E-state index contributed by atoms with van der Waals surface area (Å²) in [4.78, 5) is 18.2. The molecule has 4 nitrogen and oxygen atoms in total. The molecule has 0 unspecified atom stereocenters. The Balaban J connectivity index is 1.83. The van der Waals surface area contributed by atoms with Gasteiger partial charge in [-0.3, -0.25) is 9.78 Å². The molecule has 0 aliphatic heterocycles. The van der Waals surface area contributed by atoms with E-state index in [-0.39, 0.29) is 5.56 Å². The molecule has 94 valence electrons. The maximum atomic E-state index is 11.2. The molecule has 0 fully saturated rings. The summed E-state index contributed by atoms with van der Waals surface area (Å²) in [6.45, 7) is 0.477. The third kappa shape index (κ3) is 2.63. The lowest BCUT2D eigenvalue weighted by Gasteiger charge is -2.06. The lowest BCUT2D eigenvalue weighted by atomic mass is 10.2. The molecule has 0 aliphatic rings. The highest BCUT2D eigenvalue weighted by molar-refractivity contribution is 5.74. The first kappa shape index (κ1) is 11.5. The quantitative estimate of drug-likeness (QED) is 0.779. The Hall–Kier alpha value is -2.62. The number of rotatable bonds is 3. The Labute approximate surface area is 109 Å². The van der Waals surface area contributed by atoms with Crippen LogP contribution in [0, 0.1) is 0 Å². The maximum absolute atomic E-state index is 11.2. The summed E-state index contributed by atoms with van der Waals surface area (Å²) < 4.78 is 5.66. The summed E-state index contributed by atoms with van der Waals surface area (Å²) in [6, 6.07) is 14.8. The van der Waals surface area contributed by atoms with Crippen LogP contribution in [0.1, 0.15) is 5.56 Å². The van der Waals surface area contributed by atoms with Crippen molar-refractivity contribution in [2.24, 2.45) is 0 Å². The van der Waals surface area contributed by atoms with Gasteiger partial charge in [0.05, 0.1) is 17.2 Å². The average Bonchev–Trinajstić information content (AvgIpc) is 2.46. The second-order valence-corrected chi connectivity index (χ2v) is 4.20. The second kappa shape index (κ2) is 4.94. The molecule has 0 radical (unpaired) electrons. The number of nitrogens with one attached hydrogen (secondary N) is 1. The van der Waals surface area contributed by atoms with Crippen molar-refractivity contribution in [3.05, 3.63) is 70.6 Å². The van der Waals surface area contributed by atoms with E-state index in [1.165, 1.54) is 6.07 Å². The van der Waals surface area contributed by atoms with E-state index in [0.717, 1.165) is 11.1 Å². The van der Waals surface area contributed by atoms with Gasteiger partial charge in [-0.1, -0.05) is 30.3 Å².